The van der Waals surface area contributed by atoms with Crippen molar-refractivity contribution in [2.45, 2.75) is 45.3 Å². The van der Waals surface area contributed by atoms with Gasteiger partial charge in [0.1, 0.15) is 11.6 Å². The minimum absolute atomic E-state index is 0.151. The lowest BCUT2D eigenvalue weighted by Crippen LogP contribution is -2.53. The van der Waals surface area contributed by atoms with Gasteiger partial charge in [-0.25, -0.2) is 4.79 Å². The van der Waals surface area contributed by atoms with Gasteiger partial charge >= 0.3 is 6.09 Å². The first kappa shape index (κ1) is 22.3. The Morgan fingerprint density at radius 1 is 1.06 bits per heavy atom. The minimum atomic E-state index is -0.623. The third-order valence-corrected chi connectivity index (χ3v) is 5.02. The highest BCUT2D eigenvalue weighted by atomic mass is 16.6. The van der Waals surface area contributed by atoms with Crippen LogP contribution in [0.25, 0.3) is 11.1 Å². The number of amides is 3. The van der Waals surface area contributed by atoms with E-state index in [4.69, 9.17) is 4.74 Å². The molecule has 164 valence electrons. The first-order valence-corrected chi connectivity index (χ1v) is 10.4. The van der Waals surface area contributed by atoms with Crippen LogP contribution in [-0.2, 0) is 9.53 Å². The summed E-state index contributed by atoms with van der Waals surface area (Å²) in [7, 11) is 1.60. The van der Waals surface area contributed by atoms with E-state index in [1.807, 2.05) is 42.5 Å². The van der Waals surface area contributed by atoms with Crippen molar-refractivity contribution in [2.75, 3.05) is 18.5 Å². The summed E-state index contributed by atoms with van der Waals surface area (Å²) in [5, 5.41) is 5.35. The minimum Gasteiger partial charge on any atom is -0.444 e. The standard InChI is InChI=1S/C24H29N3O4/c1-24(2,3)31-23(30)26-20-10-7-15-27(22(20)29)17-13-11-16(12-14-17)18-8-5-6-9-19(18)21(28)25-4/h5-6,8-9,11-14,20H,7,10,15H2,1-4H3,(H,25,28)(H,26,30). The van der Waals surface area contributed by atoms with E-state index in [1.54, 1.807) is 38.8 Å². The van der Waals surface area contributed by atoms with Gasteiger partial charge in [0.15, 0.2) is 0 Å². The molecule has 1 aliphatic rings. The third kappa shape index (κ3) is 5.42. The monoisotopic (exact) mass is 423 g/mol. The molecule has 31 heavy (non-hydrogen) atoms. The quantitative estimate of drug-likeness (QED) is 0.784. The van der Waals surface area contributed by atoms with Crippen LogP contribution in [0.4, 0.5) is 10.5 Å². The highest BCUT2D eigenvalue weighted by Gasteiger charge is 2.32. The lowest BCUT2D eigenvalue weighted by atomic mass is 9.98. The van der Waals surface area contributed by atoms with Gasteiger partial charge in [0.25, 0.3) is 5.91 Å². The molecule has 0 spiro atoms. The molecule has 1 aliphatic heterocycles. The Kier molecular flexibility index (Phi) is 6.63. The van der Waals surface area contributed by atoms with Crippen LogP contribution in [0.15, 0.2) is 48.5 Å². The molecular weight excluding hydrogens is 394 g/mol. The van der Waals surface area contributed by atoms with E-state index in [2.05, 4.69) is 10.6 Å². The summed E-state index contributed by atoms with van der Waals surface area (Å²) in [5.41, 5.74) is 2.43. The number of alkyl carbamates (subject to hydrolysis) is 1. The molecule has 1 atom stereocenters. The number of hydrogen-bond acceptors (Lipinski definition) is 4. The summed E-state index contributed by atoms with van der Waals surface area (Å²) in [5.74, 6) is -0.308. The van der Waals surface area contributed by atoms with Crippen molar-refractivity contribution in [3.63, 3.8) is 0 Å². The van der Waals surface area contributed by atoms with Gasteiger partial charge in [-0.1, -0.05) is 30.3 Å². The molecule has 0 saturated carbocycles. The summed E-state index contributed by atoms with van der Waals surface area (Å²) in [6.07, 6.45) is 0.758. The Morgan fingerprint density at radius 3 is 2.39 bits per heavy atom. The molecule has 7 nitrogen and oxygen atoms in total. The third-order valence-electron chi connectivity index (χ3n) is 5.02. The molecule has 3 amide bonds. The second-order valence-corrected chi connectivity index (χ2v) is 8.50. The van der Waals surface area contributed by atoms with Crippen LogP contribution in [0.2, 0.25) is 0 Å². The molecule has 0 radical (unpaired) electrons. The maximum absolute atomic E-state index is 13.0. The van der Waals surface area contributed by atoms with Gasteiger partial charge in [0, 0.05) is 24.8 Å². The number of nitrogens with zero attached hydrogens (tertiary/aromatic N) is 1. The Hall–Kier alpha value is -3.35. The molecular formula is C24H29N3O4. The lowest BCUT2D eigenvalue weighted by molar-refractivity contribution is -0.121. The number of anilines is 1. The first-order chi connectivity index (χ1) is 14.7. The van der Waals surface area contributed by atoms with E-state index in [9.17, 15) is 14.4 Å². The van der Waals surface area contributed by atoms with Crippen molar-refractivity contribution in [3.8, 4) is 11.1 Å². The fourth-order valence-corrected chi connectivity index (χ4v) is 3.60. The molecule has 0 bridgehead atoms. The van der Waals surface area contributed by atoms with Gasteiger partial charge in [-0.2, -0.15) is 0 Å². The van der Waals surface area contributed by atoms with Gasteiger partial charge < -0.3 is 20.3 Å². The van der Waals surface area contributed by atoms with Crippen molar-refractivity contribution in [2.24, 2.45) is 0 Å². The van der Waals surface area contributed by atoms with Gasteiger partial charge in [-0.3, -0.25) is 9.59 Å². The molecule has 1 unspecified atom stereocenters. The van der Waals surface area contributed by atoms with E-state index >= 15 is 0 Å². The van der Waals surface area contributed by atoms with Crippen molar-refractivity contribution in [3.05, 3.63) is 54.1 Å². The van der Waals surface area contributed by atoms with Crippen molar-refractivity contribution < 1.29 is 19.1 Å². The second-order valence-electron chi connectivity index (χ2n) is 8.50. The number of benzene rings is 2. The van der Waals surface area contributed by atoms with Crippen LogP contribution in [-0.4, -0.2) is 43.1 Å². The zero-order chi connectivity index (χ0) is 22.6. The second kappa shape index (κ2) is 9.20. The summed E-state index contributed by atoms with van der Waals surface area (Å²) in [4.78, 5) is 38.9. The smallest absolute Gasteiger partial charge is 0.408 e. The number of carbonyl (C=O) groups excluding carboxylic acids is 3. The molecule has 1 saturated heterocycles. The zero-order valence-corrected chi connectivity index (χ0v) is 18.4. The molecule has 3 rings (SSSR count). The Labute approximate surface area is 182 Å². The Balaban J connectivity index is 1.76. The number of ether oxygens (including phenoxy) is 1. The molecule has 0 aromatic heterocycles. The average molecular weight is 424 g/mol. The number of rotatable bonds is 4. The summed E-state index contributed by atoms with van der Waals surface area (Å²) < 4.78 is 5.28. The molecule has 2 N–H and O–H groups in total. The van der Waals surface area contributed by atoms with E-state index in [-0.39, 0.29) is 11.8 Å². The highest BCUT2D eigenvalue weighted by molar-refractivity contribution is 6.01. The van der Waals surface area contributed by atoms with Crippen LogP contribution >= 0.6 is 0 Å². The SMILES string of the molecule is CNC(=O)c1ccccc1-c1ccc(N2CCCC(NC(=O)OC(C)(C)C)C2=O)cc1. The zero-order valence-electron chi connectivity index (χ0n) is 18.4. The van der Waals surface area contributed by atoms with E-state index in [0.717, 1.165) is 23.2 Å². The predicted molar refractivity (Wildman–Crippen MR) is 120 cm³/mol. The van der Waals surface area contributed by atoms with E-state index in [0.29, 0.717) is 18.5 Å². The first-order valence-electron chi connectivity index (χ1n) is 10.4. The molecule has 1 heterocycles. The number of hydrogen-bond donors (Lipinski definition) is 2. The van der Waals surface area contributed by atoms with Crippen molar-refractivity contribution in [1.29, 1.82) is 0 Å². The molecule has 1 fully saturated rings. The molecule has 2 aromatic rings. The van der Waals surface area contributed by atoms with E-state index in [1.165, 1.54) is 0 Å². The summed E-state index contributed by atoms with van der Waals surface area (Å²) >= 11 is 0. The normalized spacial score (nSPS) is 16.6. The van der Waals surface area contributed by atoms with E-state index < -0.39 is 17.7 Å². The fraction of sp³-hybridized carbons (Fsp3) is 0.375. The van der Waals surface area contributed by atoms with Gasteiger partial charge in [-0.05, 0) is 62.9 Å². The Morgan fingerprint density at radius 2 is 1.74 bits per heavy atom. The summed E-state index contributed by atoms with van der Waals surface area (Å²) in [6.45, 7) is 5.93. The molecule has 2 aromatic carbocycles. The van der Waals surface area contributed by atoms with Gasteiger partial charge in [0.2, 0.25) is 5.91 Å². The van der Waals surface area contributed by atoms with Crippen LogP contribution in [0.5, 0.6) is 0 Å². The number of nitrogens with one attached hydrogen (secondary N) is 2. The van der Waals surface area contributed by atoms with Crippen LogP contribution in [0, 0.1) is 0 Å². The Bertz CT molecular complexity index is 964. The predicted octanol–water partition coefficient (Wildman–Crippen LogP) is 3.73. The fourth-order valence-electron chi connectivity index (χ4n) is 3.60. The van der Waals surface area contributed by atoms with Crippen molar-refractivity contribution >= 4 is 23.6 Å². The van der Waals surface area contributed by atoms with Crippen molar-refractivity contribution in [1.82, 2.24) is 10.6 Å². The van der Waals surface area contributed by atoms with Crippen LogP contribution in [0.1, 0.15) is 44.0 Å². The van der Waals surface area contributed by atoms with Gasteiger partial charge in [0.05, 0.1) is 0 Å². The lowest BCUT2D eigenvalue weighted by Gasteiger charge is -2.33. The number of piperidine rings is 1. The largest absolute Gasteiger partial charge is 0.444 e. The maximum atomic E-state index is 13.0. The topological polar surface area (TPSA) is 87.7 Å². The number of carbonyl (C=O) groups is 3. The molecule has 0 aliphatic carbocycles. The maximum Gasteiger partial charge on any atom is 0.408 e. The van der Waals surface area contributed by atoms with Crippen LogP contribution in [0.3, 0.4) is 0 Å². The molecule has 7 heteroatoms. The summed E-state index contributed by atoms with van der Waals surface area (Å²) in [6, 6.07) is 14.3. The van der Waals surface area contributed by atoms with Crippen LogP contribution < -0.4 is 15.5 Å². The average Bonchev–Trinajstić information content (AvgIpc) is 2.73. The van der Waals surface area contributed by atoms with Gasteiger partial charge in [-0.15, -0.1) is 0 Å². The highest BCUT2D eigenvalue weighted by Crippen LogP contribution is 2.28.